The number of esters is 1. The van der Waals surface area contributed by atoms with Gasteiger partial charge in [0.1, 0.15) is 0 Å². The number of hydrogen-bond acceptors (Lipinski definition) is 4. The van der Waals surface area contributed by atoms with Gasteiger partial charge < -0.3 is 9.84 Å². The number of carboxylic acid groups (broad SMARTS) is 1. The first-order valence-corrected chi connectivity index (χ1v) is 8.14. The molecule has 0 radical (unpaired) electrons. The highest BCUT2D eigenvalue weighted by molar-refractivity contribution is 7.99. The Morgan fingerprint density at radius 3 is 2.39 bits per heavy atom. The number of carbonyl (C=O) groups is 2. The summed E-state index contributed by atoms with van der Waals surface area (Å²) in [6.07, 6.45) is -0.00109. The molecule has 0 unspecified atom stereocenters. The van der Waals surface area contributed by atoms with Crippen molar-refractivity contribution < 1.29 is 19.4 Å². The third-order valence-electron chi connectivity index (χ3n) is 2.95. The van der Waals surface area contributed by atoms with Gasteiger partial charge in [0.25, 0.3) is 0 Å². The third-order valence-corrected chi connectivity index (χ3v) is 4.27. The standard InChI is InChI=1S/C17H15ClO4S/c1-2-22-17(21)14-10-13(7-8-15(14)18)23-12-5-3-11(4-6-12)9-16(19)20/h3-8,10H,2,9H2,1H3,(H,19,20). The summed E-state index contributed by atoms with van der Waals surface area (Å²) < 4.78 is 4.98. The fourth-order valence-corrected chi connectivity index (χ4v) is 2.97. The molecule has 0 bridgehead atoms. The summed E-state index contributed by atoms with van der Waals surface area (Å²) in [4.78, 5) is 24.3. The van der Waals surface area contributed by atoms with Gasteiger partial charge in [0.2, 0.25) is 0 Å². The van der Waals surface area contributed by atoms with Crippen molar-refractivity contribution in [2.24, 2.45) is 0 Å². The predicted octanol–water partition coefficient (Wildman–Crippen LogP) is 4.30. The smallest absolute Gasteiger partial charge is 0.339 e. The normalized spacial score (nSPS) is 10.3. The van der Waals surface area contributed by atoms with Crippen molar-refractivity contribution in [3.63, 3.8) is 0 Å². The molecule has 0 aliphatic rings. The van der Waals surface area contributed by atoms with Crippen LogP contribution >= 0.6 is 23.4 Å². The van der Waals surface area contributed by atoms with Crippen molar-refractivity contribution >= 4 is 35.3 Å². The minimum Gasteiger partial charge on any atom is -0.481 e. The quantitative estimate of drug-likeness (QED) is 0.787. The second-order valence-corrected chi connectivity index (χ2v) is 6.23. The van der Waals surface area contributed by atoms with Crippen molar-refractivity contribution in [1.29, 1.82) is 0 Å². The Balaban J connectivity index is 2.15. The lowest BCUT2D eigenvalue weighted by atomic mass is 10.2. The van der Waals surface area contributed by atoms with Gasteiger partial charge >= 0.3 is 11.9 Å². The van der Waals surface area contributed by atoms with Crippen LogP contribution in [-0.2, 0) is 16.0 Å². The molecule has 2 rings (SSSR count). The number of aliphatic carboxylic acids is 1. The van der Waals surface area contributed by atoms with Gasteiger partial charge in [-0.3, -0.25) is 4.79 Å². The molecule has 2 aromatic rings. The van der Waals surface area contributed by atoms with Gasteiger partial charge in [-0.1, -0.05) is 35.5 Å². The van der Waals surface area contributed by atoms with Crippen LogP contribution in [0.2, 0.25) is 5.02 Å². The van der Waals surface area contributed by atoms with Crippen LogP contribution in [-0.4, -0.2) is 23.7 Å². The van der Waals surface area contributed by atoms with E-state index in [0.717, 1.165) is 15.4 Å². The number of hydrogen-bond donors (Lipinski definition) is 1. The SMILES string of the molecule is CCOC(=O)c1cc(Sc2ccc(CC(=O)O)cc2)ccc1Cl. The zero-order valence-electron chi connectivity index (χ0n) is 12.4. The lowest BCUT2D eigenvalue weighted by Crippen LogP contribution is -2.05. The van der Waals surface area contributed by atoms with Crippen LogP contribution < -0.4 is 0 Å². The monoisotopic (exact) mass is 350 g/mol. The molecule has 1 N–H and O–H groups in total. The van der Waals surface area contributed by atoms with E-state index in [4.69, 9.17) is 21.4 Å². The largest absolute Gasteiger partial charge is 0.481 e. The molecule has 0 saturated carbocycles. The lowest BCUT2D eigenvalue weighted by molar-refractivity contribution is -0.136. The first-order chi connectivity index (χ1) is 11.0. The summed E-state index contributed by atoms with van der Waals surface area (Å²) >= 11 is 7.49. The highest BCUT2D eigenvalue weighted by Crippen LogP contribution is 2.31. The van der Waals surface area contributed by atoms with Gasteiger partial charge in [-0.2, -0.15) is 0 Å². The summed E-state index contributed by atoms with van der Waals surface area (Å²) in [6, 6.07) is 12.4. The van der Waals surface area contributed by atoms with E-state index in [-0.39, 0.29) is 13.0 Å². The molecular formula is C17H15ClO4S. The molecule has 0 spiro atoms. The van der Waals surface area contributed by atoms with E-state index >= 15 is 0 Å². The zero-order chi connectivity index (χ0) is 16.8. The molecule has 0 aliphatic carbocycles. The molecule has 0 aliphatic heterocycles. The van der Waals surface area contributed by atoms with Gasteiger partial charge in [-0.25, -0.2) is 4.79 Å². The van der Waals surface area contributed by atoms with Crippen LogP contribution in [0.5, 0.6) is 0 Å². The summed E-state index contributed by atoms with van der Waals surface area (Å²) in [7, 11) is 0. The number of ether oxygens (including phenoxy) is 1. The van der Waals surface area contributed by atoms with Crippen LogP contribution in [0, 0.1) is 0 Å². The Bertz CT molecular complexity index is 713. The Labute approximate surface area is 143 Å². The molecule has 0 heterocycles. The minimum absolute atomic E-state index is 0.00109. The average molecular weight is 351 g/mol. The molecule has 0 fully saturated rings. The molecule has 2 aromatic carbocycles. The molecule has 6 heteroatoms. The minimum atomic E-state index is -0.859. The van der Waals surface area contributed by atoms with Crippen molar-refractivity contribution in [3.05, 3.63) is 58.6 Å². The summed E-state index contributed by atoms with van der Waals surface area (Å²) in [5.74, 6) is -1.31. The summed E-state index contributed by atoms with van der Waals surface area (Å²) in [5.41, 5.74) is 1.08. The van der Waals surface area contributed by atoms with Gasteiger partial charge in [0.15, 0.2) is 0 Å². The highest BCUT2D eigenvalue weighted by Gasteiger charge is 2.12. The maximum Gasteiger partial charge on any atom is 0.339 e. The summed E-state index contributed by atoms with van der Waals surface area (Å²) in [6.45, 7) is 2.03. The second-order valence-electron chi connectivity index (χ2n) is 4.68. The summed E-state index contributed by atoms with van der Waals surface area (Å²) in [5, 5.41) is 9.11. The maximum absolute atomic E-state index is 11.8. The Hall–Kier alpha value is -1.98. The van der Waals surface area contributed by atoms with E-state index in [0.29, 0.717) is 10.6 Å². The van der Waals surface area contributed by atoms with Crippen molar-refractivity contribution in [2.75, 3.05) is 6.61 Å². The van der Waals surface area contributed by atoms with Crippen LogP contribution in [0.4, 0.5) is 0 Å². The van der Waals surface area contributed by atoms with Gasteiger partial charge in [-0.05, 0) is 42.8 Å². The van der Waals surface area contributed by atoms with Crippen molar-refractivity contribution in [1.82, 2.24) is 0 Å². The second kappa shape index (κ2) is 8.04. The first kappa shape index (κ1) is 17.4. The first-order valence-electron chi connectivity index (χ1n) is 6.95. The number of benzene rings is 2. The molecular weight excluding hydrogens is 336 g/mol. The van der Waals surface area contributed by atoms with E-state index in [2.05, 4.69) is 0 Å². The highest BCUT2D eigenvalue weighted by atomic mass is 35.5. The van der Waals surface area contributed by atoms with Crippen molar-refractivity contribution in [3.8, 4) is 0 Å². The molecule has 0 saturated heterocycles. The molecule has 23 heavy (non-hydrogen) atoms. The van der Waals surface area contributed by atoms with Gasteiger partial charge in [0.05, 0.1) is 23.6 Å². The number of rotatable bonds is 6. The topological polar surface area (TPSA) is 63.6 Å². The van der Waals surface area contributed by atoms with E-state index in [1.54, 1.807) is 31.2 Å². The van der Waals surface area contributed by atoms with Crippen LogP contribution in [0.1, 0.15) is 22.8 Å². The molecule has 0 atom stereocenters. The lowest BCUT2D eigenvalue weighted by Gasteiger charge is -2.07. The predicted molar refractivity (Wildman–Crippen MR) is 89.3 cm³/mol. The number of carboxylic acids is 1. The number of halogens is 1. The Morgan fingerprint density at radius 2 is 1.78 bits per heavy atom. The fourth-order valence-electron chi connectivity index (χ4n) is 1.92. The average Bonchev–Trinajstić information content (AvgIpc) is 2.51. The zero-order valence-corrected chi connectivity index (χ0v) is 14.0. The van der Waals surface area contributed by atoms with E-state index in [1.165, 1.54) is 11.8 Å². The van der Waals surface area contributed by atoms with Crippen molar-refractivity contribution in [2.45, 2.75) is 23.1 Å². The van der Waals surface area contributed by atoms with Gasteiger partial charge in [-0.15, -0.1) is 0 Å². The molecule has 0 amide bonds. The van der Waals surface area contributed by atoms with Crippen LogP contribution in [0.15, 0.2) is 52.3 Å². The molecule has 0 aromatic heterocycles. The van der Waals surface area contributed by atoms with E-state index in [9.17, 15) is 9.59 Å². The maximum atomic E-state index is 11.8. The van der Waals surface area contributed by atoms with Gasteiger partial charge in [0, 0.05) is 9.79 Å². The molecule has 120 valence electrons. The molecule has 4 nitrogen and oxygen atoms in total. The Kier molecular flexibility index (Phi) is 6.07. The fraction of sp³-hybridized carbons (Fsp3) is 0.176. The van der Waals surface area contributed by atoms with Crippen LogP contribution in [0.3, 0.4) is 0 Å². The van der Waals surface area contributed by atoms with Crippen LogP contribution in [0.25, 0.3) is 0 Å². The van der Waals surface area contributed by atoms with E-state index < -0.39 is 11.9 Å². The third kappa shape index (κ3) is 5.01. The number of carbonyl (C=O) groups excluding carboxylic acids is 1. The Morgan fingerprint density at radius 1 is 1.13 bits per heavy atom. The van der Waals surface area contributed by atoms with E-state index in [1.807, 2.05) is 18.2 Å².